The Morgan fingerprint density at radius 3 is 2.74 bits per heavy atom. The van der Waals surface area contributed by atoms with Crippen molar-refractivity contribution < 1.29 is 14.6 Å². The minimum absolute atomic E-state index is 0.335. The Morgan fingerprint density at radius 1 is 1.32 bits per heavy atom. The Balaban J connectivity index is 1.77. The number of β-amino-alcohol motifs (C(OH)–C–C–N with tert-alkyl or cyclic N) is 1. The van der Waals surface area contributed by atoms with Gasteiger partial charge >= 0.3 is 0 Å². The van der Waals surface area contributed by atoms with Crippen LogP contribution in [-0.2, 0) is 4.74 Å². The average molecular weight is 265 g/mol. The summed E-state index contributed by atoms with van der Waals surface area (Å²) < 4.78 is 11.0. The first-order chi connectivity index (χ1) is 9.15. The molecule has 0 spiro atoms. The number of nitrogens with zero attached hydrogens (tertiary/aromatic N) is 1. The molecule has 1 fully saturated rings. The van der Waals surface area contributed by atoms with Gasteiger partial charge in [-0.05, 0) is 25.5 Å². The highest BCUT2D eigenvalue weighted by atomic mass is 16.5. The second-order valence-corrected chi connectivity index (χ2v) is 5.15. The van der Waals surface area contributed by atoms with Crippen molar-refractivity contribution in [2.75, 3.05) is 39.5 Å². The fourth-order valence-corrected chi connectivity index (χ4v) is 2.28. The summed E-state index contributed by atoms with van der Waals surface area (Å²) in [6, 6.07) is 6.08. The zero-order chi connectivity index (χ0) is 13.7. The molecule has 2 rings (SSSR count). The molecule has 1 saturated heterocycles. The van der Waals surface area contributed by atoms with Crippen LogP contribution in [0.25, 0.3) is 0 Å². The van der Waals surface area contributed by atoms with E-state index in [1.165, 1.54) is 5.56 Å². The fourth-order valence-electron chi connectivity index (χ4n) is 2.28. The Kier molecular flexibility index (Phi) is 5.19. The lowest BCUT2D eigenvalue weighted by atomic mass is 10.1. The van der Waals surface area contributed by atoms with Gasteiger partial charge in [-0.3, -0.25) is 4.90 Å². The minimum atomic E-state index is -0.459. The van der Waals surface area contributed by atoms with Crippen LogP contribution in [0.5, 0.6) is 5.75 Å². The number of aliphatic hydroxyl groups is 1. The summed E-state index contributed by atoms with van der Waals surface area (Å²) in [5.41, 5.74) is 2.33. The number of rotatable bonds is 5. The number of hydrogen-bond donors (Lipinski definition) is 1. The van der Waals surface area contributed by atoms with Gasteiger partial charge in [0.25, 0.3) is 0 Å². The van der Waals surface area contributed by atoms with E-state index in [2.05, 4.69) is 17.9 Å². The highest BCUT2D eigenvalue weighted by Gasteiger charge is 2.15. The molecule has 19 heavy (non-hydrogen) atoms. The smallest absolute Gasteiger partial charge is 0.122 e. The molecule has 1 heterocycles. The van der Waals surface area contributed by atoms with Crippen molar-refractivity contribution in [3.8, 4) is 5.75 Å². The number of morpholine rings is 1. The van der Waals surface area contributed by atoms with E-state index in [1.54, 1.807) is 0 Å². The van der Waals surface area contributed by atoms with Crippen molar-refractivity contribution in [3.63, 3.8) is 0 Å². The van der Waals surface area contributed by atoms with Crippen LogP contribution in [0.2, 0.25) is 0 Å². The summed E-state index contributed by atoms with van der Waals surface area (Å²) in [4.78, 5) is 2.21. The van der Waals surface area contributed by atoms with Crippen LogP contribution >= 0.6 is 0 Å². The SMILES string of the molecule is Cc1ccc(OC[C@H](O)CN2CCOCC2)c(C)c1. The molecule has 1 aromatic carbocycles. The van der Waals surface area contributed by atoms with E-state index in [0.717, 1.165) is 37.6 Å². The van der Waals surface area contributed by atoms with Gasteiger partial charge in [0, 0.05) is 19.6 Å². The molecule has 0 saturated carbocycles. The number of aliphatic hydroxyl groups excluding tert-OH is 1. The number of ether oxygens (including phenoxy) is 2. The third-order valence-corrected chi connectivity index (χ3v) is 3.33. The molecule has 0 aliphatic carbocycles. The molecule has 1 aromatic rings. The minimum Gasteiger partial charge on any atom is -0.491 e. The van der Waals surface area contributed by atoms with Crippen LogP contribution in [0.3, 0.4) is 0 Å². The lowest BCUT2D eigenvalue weighted by Crippen LogP contribution is -2.42. The van der Waals surface area contributed by atoms with Crippen LogP contribution in [0.15, 0.2) is 18.2 Å². The summed E-state index contributed by atoms with van der Waals surface area (Å²) >= 11 is 0. The third-order valence-electron chi connectivity index (χ3n) is 3.33. The average Bonchev–Trinajstić information content (AvgIpc) is 2.39. The van der Waals surface area contributed by atoms with Crippen molar-refractivity contribution in [2.45, 2.75) is 20.0 Å². The summed E-state index contributed by atoms with van der Waals surface area (Å²) in [5.74, 6) is 0.853. The maximum absolute atomic E-state index is 10.0. The van der Waals surface area contributed by atoms with E-state index < -0.39 is 6.10 Å². The van der Waals surface area contributed by atoms with Gasteiger partial charge in [0.05, 0.1) is 13.2 Å². The van der Waals surface area contributed by atoms with Gasteiger partial charge in [0.1, 0.15) is 18.5 Å². The van der Waals surface area contributed by atoms with Crippen molar-refractivity contribution in [1.82, 2.24) is 4.90 Å². The predicted molar refractivity (Wildman–Crippen MR) is 74.7 cm³/mol. The van der Waals surface area contributed by atoms with Gasteiger partial charge < -0.3 is 14.6 Å². The highest BCUT2D eigenvalue weighted by Crippen LogP contribution is 2.18. The van der Waals surface area contributed by atoms with Crippen molar-refractivity contribution >= 4 is 0 Å². The first-order valence-electron chi connectivity index (χ1n) is 6.83. The van der Waals surface area contributed by atoms with Gasteiger partial charge in [-0.15, -0.1) is 0 Å². The summed E-state index contributed by atoms with van der Waals surface area (Å²) in [6.07, 6.45) is -0.459. The molecule has 0 amide bonds. The molecular weight excluding hydrogens is 242 g/mol. The Labute approximate surface area is 114 Å². The number of aryl methyl sites for hydroxylation is 2. The normalized spacial score (nSPS) is 18.3. The van der Waals surface area contributed by atoms with Crippen LogP contribution < -0.4 is 4.74 Å². The summed E-state index contributed by atoms with van der Waals surface area (Å²) in [6.45, 7) is 8.35. The summed E-state index contributed by atoms with van der Waals surface area (Å²) in [7, 11) is 0. The van der Waals surface area contributed by atoms with Gasteiger partial charge in [-0.2, -0.15) is 0 Å². The molecule has 0 unspecified atom stereocenters. The second-order valence-electron chi connectivity index (χ2n) is 5.15. The topological polar surface area (TPSA) is 41.9 Å². The van der Waals surface area contributed by atoms with Crippen LogP contribution in [0.1, 0.15) is 11.1 Å². The summed E-state index contributed by atoms with van der Waals surface area (Å²) in [5, 5.41) is 10.0. The lowest BCUT2D eigenvalue weighted by molar-refractivity contribution is 0.00460. The van der Waals surface area contributed by atoms with E-state index in [-0.39, 0.29) is 0 Å². The van der Waals surface area contributed by atoms with Gasteiger partial charge in [0.15, 0.2) is 0 Å². The first kappa shape index (κ1) is 14.3. The Bertz CT molecular complexity index is 402. The molecule has 1 aliphatic heterocycles. The molecule has 1 atom stereocenters. The van der Waals surface area contributed by atoms with E-state index in [4.69, 9.17) is 9.47 Å². The molecule has 0 bridgehead atoms. The maximum Gasteiger partial charge on any atom is 0.122 e. The van der Waals surface area contributed by atoms with Crippen LogP contribution in [-0.4, -0.2) is 55.6 Å². The second kappa shape index (κ2) is 6.89. The van der Waals surface area contributed by atoms with Crippen molar-refractivity contribution in [1.29, 1.82) is 0 Å². The van der Waals surface area contributed by atoms with Crippen LogP contribution in [0.4, 0.5) is 0 Å². The molecule has 4 nitrogen and oxygen atoms in total. The molecular formula is C15H23NO3. The third kappa shape index (κ3) is 4.49. The molecule has 4 heteroatoms. The molecule has 106 valence electrons. The predicted octanol–water partition coefficient (Wildman–Crippen LogP) is 1.38. The molecule has 0 aromatic heterocycles. The maximum atomic E-state index is 10.0. The Hall–Kier alpha value is -1.10. The van der Waals surface area contributed by atoms with Crippen molar-refractivity contribution in [3.05, 3.63) is 29.3 Å². The first-order valence-corrected chi connectivity index (χ1v) is 6.83. The molecule has 0 radical (unpaired) electrons. The number of hydrogen-bond acceptors (Lipinski definition) is 4. The molecule has 1 N–H and O–H groups in total. The van der Waals surface area contributed by atoms with E-state index in [1.807, 2.05) is 19.1 Å². The lowest BCUT2D eigenvalue weighted by Gasteiger charge is -2.28. The van der Waals surface area contributed by atoms with E-state index in [0.29, 0.717) is 13.2 Å². The quantitative estimate of drug-likeness (QED) is 0.873. The zero-order valence-corrected chi connectivity index (χ0v) is 11.8. The standard InChI is InChI=1S/C15H23NO3/c1-12-3-4-15(13(2)9-12)19-11-14(17)10-16-5-7-18-8-6-16/h3-4,9,14,17H,5-8,10-11H2,1-2H3/t14-/m1/s1. The highest BCUT2D eigenvalue weighted by molar-refractivity contribution is 5.35. The fraction of sp³-hybridized carbons (Fsp3) is 0.600. The molecule has 1 aliphatic rings. The Morgan fingerprint density at radius 2 is 2.05 bits per heavy atom. The van der Waals surface area contributed by atoms with E-state index in [9.17, 15) is 5.11 Å². The number of benzene rings is 1. The van der Waals surface area contributed by atoms with Gasteiger partial charge in [-0.1, -0.05) is 17.7 Å². The monoisotopic (exact) mass is 265 g/mol. The zero-order valence-electron chi connectivity index (χ0n) is 11.8. The van der Waals surface area contributed by atoms with Crippen molar-refractivity contribution in [2.24, 2.45) is 0 Å². The largest absolute Gasteiger partial charge is 0.491 e. The van der Waals surface area contributed by atoms with E-state index >= 15 is 0 Å². The van der Waals surface area contributed by atoms with Crippen LogP contribution in [0, 0.1) is 13.8 Å². The van der Waals surface area contributed by atoms with Gasteiger partial charge in [0.2, 0.25) is 0 Å². The van der Waals surface area contributed by atoms with Gasteiger partial charge in [-0.25, -0.2) is 0 Å².